The Kier molecular flexibility index (Phi) is 6.03. The number of hydrogen-bond donors (Lipinski definition) is 1. The summed E-state index contributed by atoms with van der Waals surface area (Å²) >= 11 is 6.85. The molecule has 16 heavy (non-hydrogen) atoms. The lowest BCUT2D eigenvalue weighted by Crippen LogP contribution is -2.18. The summed E-state index contributed by atoms with van der Waals surface area (Å²) in [7, 11) is 0. The van der Waals surface area contributed by atoms with E-state index in [1.165, 1.54) is 5.56 Å². The van der Waals surface area contributed by atoms with Crippen molar-refractivity contribution < 1.29 is 5.11 Å². The minimum Gasteiger partial charge on any atom is -0.392 e. The average Bonchev–Trinajstić information content (AvgIpc) is 2.29. The molecule has 1 nitrogen and oxygen atoms in total. The molecule has 1 aromatic rings. The minimum atomic E-state index is -0.381. The van der Waals surface area contributed by atoms with Crippen LogP contribution >= 0.6 is 24.0 Å². The topological polar surface area (TPSA) is 20.2 Å². The van der Waals surface area contributed by atoms with Crippen molar-refractivity contribution in [1.29, 1.82) is 0 Å². The second kappa shape index (κ2) is 7.05. The molecule has 0 bridgehead atoms. The summed E-state index contributed by atoms with van der Waals surface area (Å²) in [5, 5.41) is 10.1. The van der Waals surface area contributed by atoms with Crippen molar-refractivity contribution >= 4 is 28.2 Å². The van der Waals surface area contributed by atoms with Crippen molar-refractivity contribution in [3.8, 4) is 0 Å². The molecule has 0 aliphatic heterocycles. The zero-order valence-corrected chi connectivity index (χ0v) is 11.4. The first-order valence-corrected chi connectivity index (χ1v) is 6.93. The highest BCUT2D eigenvalue weighted by Gasteiger charge is 2.17. The predicted molar refractivity (Wildman–Crippen MR) is 76.2 cm³/mol. The zero-order valence-electron chi connectivity index (χ0n) is 9.72. The van der Waals surface area contributed by atoms with Gasteiger partial charge in [-0.1, -0.05) is 56.4 Å². The van der Waals surface area contributed by atoms with Crippen molar-refractivity contribution in [1.82, 2.24) is 0 Å². The molecular weight excluding hydrogens is 236 g/mol. The van der Waals surface area contributed by atoms with Crippen LogP contribution in [0.1, 0.15) is 31.7 Å². The number of thioether (sulfide) groups is 1. The van der Waals surface area contributed by atoms with Crippen LogP contribution in [-0.2, 0) is 0 Å². The number of aliphatic hydroxyl groups is 1. The summed E-state index contributed by atoms with van der Waals surface area (Å²) in [5.41, 5.74) is 1.17. The third-order valence-corrected chi connectivity index (χ3v) is 3.88. The maximum Gasteiger partial charge on any atom is 0.0659 e. The van der Waals surface area contributed by atoms with E-state index in [1.54, 1.807) is 11.8 Å². The monoisotopic (exact) mass is 254 g/mol. The molecule has 0 amide bonds. The highest BCUT2D eigenvalue weighted by atomic mass is 32.2. The van der Waals surface area contributed by atoms with Gasteiger partial charge in [0, 0.05) is 12.3 Å². The molecule has 0 aliphatic carbocycles. The summed E-state index contributed by atoms with van der Waals surface area (Å²) < 4.78 is 0.901. The molecule has 88 valence electrons. The molecule has 0 saturated carbocycles. The van der Waals surface area contributed by atoms with E-state index >= 15 is 0 Å². The zero-order chi connectivity index (χ0) is 12.0. The smallest absolute Gasteiger partial charge is 0.0659 e. The van der Waals surface area contributed by atoms with Crippen LogP contribution in [0, 0.1) is 0 Å². The van der Waals surface area contributed by atoms with Gasteiger partial charge in [-0.05, 0) is 11.3 Å². The molecule has 0 heterocycles. The molecule has 3 heteroatoms. The maximum absolute atomic E-state index is 10.1. The molecule has 1 N–H and O–H groups in total. The van der Waals surface area contributed by atoms with Gasteiger partial charge in [0.05, 0.1) is 10.3 Å². The predicted octanol–water partition coefficient (Wildman–Crippen LogP) is 3.62. The second-order valence-corrected chi connectivity index (χ2v) is 5.89. The number of aliphatic hydroxyl groups excluding tert-OH is 1. The first kappa shape index (κ1) is 13.7. The van der Waals surface area contributed by atoms with E-state index in [0.717, 1.165) is 9.95 Å². The van der Waals surface area contributed by atoms with Gasteiger partial charge in [0.2, 0.25) is 0 Å². The fraction of sp³-hybridized carbons (Fsp3) is 0.462. The van der Waals surface area contributed by atoms with Gasteiger partial charge in [-0.3, -0.25) is 0 Å². The highest BCUT2D eigenvalue weighted by molar-refractivity contribution is 8.23. The lowest BCUT2D eigenvalue weighted by atomic mass is 9.94. The van der Waals surface area contributed by atoms with Crippen molar-refractivity contribution in [2.75, 3.05) is 5.75 Å². The standard InChI is InChI=1S/C13H18OS2/c1-3-16-13(15)9-12(14)10(2)11-7-5-4-6-8-11/h4-8,10,12,14H,3,9H2,1-2H3. The first-order valence-electron chi connectivity index (χ1n) is 5.53. The molecule has 0 fully saturated rings. The molecule has 0 spiro atoms. The van der Waals surface area contributed by atoms with Crippen molar-refractivity contribution in [3.63, 3.8) is 0 Å². The maximum atomic E-state index is 10.1. The third-order valence-electron chi connectivity index (χ3n) is 2.58. The lowest BCUT2D eigenvalue weighted by molar-refractivity contribution is 0.158. The molecule has 0 saturated heterocycles. The summed E-state index contributed by atoms with van der Waals surface area (Å²) in [6.45, 7) is 4.11. The second-order valence-electron chi connectivity index (χ2n) is 3.78. The Morgan fingerprint density at radius 1 is 1.38 bits per heavy atom. The molecule has 1 aromatic carbocycles. The van der Waals surface area contributed by atoms with Crippen LogP contribution < -0.4 is 0 Å². The Bertz CT molecular complexity index is 324. The highest BCUT2D eigenvalue weighted by Crippen LogP contribution is 2.23. The quantitative estimate of drug-likeness (QED) is 0.810. The fourth-order valence-corrected chi connectivity index (χ4v) is 2.68. The molecule has 0 aliphatic rings. The number of benzene rings is 1. The summed E-state index contributed by atoms with van der Waals surface area (Å²) in [4.78, 5) is 0. The molecule has 0 radical (unpaired) electrons. The van der Waals surface area contributed by atoms with Crippen LogP contribution in [0.15, 0.2) is 30.3 Å². The Balaban J connectivity index is 2.54. The van der Waals surface area contributed by atoms with Crippen LogP contribution in [0.4, 0.5) is 0 Å². The number of rotatable bonds is 5. The Morgan fingerprint density at radius 3 is 2.56 bits per heavy atom. The van der Waals surface area contributed by atoms with E-state index in [4.69, 9.17) is 12.2 Å². The lowest BCUT2D eigenvalue weighted by Gasteiger charge is -2.19. The molecular formula is C13H18OS2. The van der Waals surface area contributed by atoms with Gasteiger partial charge in [-0.25, -0.2) is 0 Å². The third kappa shape index (κ3) is 4.24. The van der Waals surface area contributed by atoms with Crippen LogP contribution in [0.3, 0.4) is 0 Å². The van der Waals surface area contributed by atoms with Crippen LogP contribution in [0.25, 0.3) is 0 Å². The van der Waals surface area contributed by atoms with Gasteiger partial charge in [-0.15, -0.1) is 11.8 Å². The Hall–Kier alpha value is -0.380. The van der Waals surface area contributed by atoms with Gasteiger partial charge >= 0.3 is 0 Å². The van der Waals surface area contributed by atoms with Gasteiger partial charge in [-0.2, -0.15) is 0 Å². The molecule has 2 unspecified atom stereocenters. The first-order chi connectivity index (χ1) is 7.65. The number of hydrogen-bond acceptors (Lipinski definition) is 3. The van der Waals surface area contributed by atoms with Gasteiger partial charge in [0.15, 0.2) is 0 Å². The SMILES string of the molecule is CCSC(=S)CC(O)C(C)c1ccccc1. The van der Waals surface area contributed by atoms with E-state index in [9.17, 15) is 5.11 Å². The van der Waals surface area contributed by atoms with Crippen molar-refractivity contribution in [2.24, 2.45) is 0 Å². The van der Waals surface area contributed by atoms with E-state index in [0.29, 0.717) is 6.42 Å². The van der Waals surface area contributed by atoms with E-state index in [-0.39, 0.29) is 12.0 Å². The number of thiocarbonyl (C=S) groups is 1. The summed E-state index contributed by atoms with van der Waals surface area (Å²) in [5.74, 6) is 1.11. The van der Waals surface area contributed by atoms with Crippen LogP contribution in [-0.4, -0.2) is 21.2 Å². The van der Waals surface area contributed by atoms with Crippen LogP contribution in [0.5, 0.6) is 0 Å². The van der Waals surface area contributed by atoms with E-state index in [1.807, 2.05) is 37.3 Å². The van der Waals surface area contributed by atoms with E-state index < -0.39 is 0 Å². The van der Waals surface area contributed by atoms with Gasteiger partial charge in [0.1, 0.15) is 0 Å². The molecule has 2 atom stereocenters. The fourth-order valence-electron chi connectivity index (χ4n) is 1.55. The largest absolute Gasteiger partial charge is 0.392 e. The van der Waals surface area contributed by atoms with Gasteiger partial charge in [0.25, 0.3) is 0 Å². The molecule has 0 aromatic heterocycles. The van der Waals surface area contributed by atoms with Gasteiger partial charge < -0.3 is 5.11 Å². The summed E-state index contributed by atoms with van der Waals surface area (Å²) in [6.07, 6.45) is 0.220. The van der Waals surface area contributed by atoms with Crippen LogP contribution in [0.2, 0.25) is 0 Å². The average molecular weight is 254 g/mol. The summed E-state index contributed by atoms with van der Waals surface area (Å²) in [6, 6.07) is 10.1. The Morgan fingerprint density at radius 2 is 2.00 bits per heavy atom. The normalized spacial score (nSPS) is 14.4. The van der Waals surface area contributed by atoms with Crippen molar-refractivity contribution in [3.05, 3.63) is 35.9 Å². The minimum absolute atomic E-state index is 0.136. The van der Waals surface area contributed by atoms with E-state index in [2.05, 4.69) is 6.92 Å². The molecule has 1 rings (SSSR count). The Labute approximate surface area is 107 Å². The van der Waals surface area contributed by atoms with Crippen molar-refractivity contribution in [2.45, 2.75) is 32.3 Å².